The molecule has 0 saturated carbocycles. The first-order valence-electron chi connectivity index (χ1n) is 11.2. The number of amides is 2. The molecule has 0 aliphatic rings. The van der Waals surface area contributed by atoms with E-state index in [4.69, 9.17) is 11.6 Å². The Bertz CT molecular complexity index is 1140. The van der Waals surface area contributed by atoms with Gasteiger partial charge in [-0.2, -0.15) is 0 Å². The lowest BCUT2D eigenvalue weighted by molar-refractivity contribution is -0.139. The van der Waals surface area contributed by atoms with E-state index in [-0.39, 0.29) is 18.5 Å². The van der Waals surface area contributed by atoms with E-state index >= 15 is 0 Å². The third-order valence-corrected chi connectivity index (χ3v) is 7.33. The number of carbonyl (C=O) groups is 2. The maximum absolute atomic E-state index is 13.6. The fraction of sp³-hybridized carbons (Fsp3) is 0.440. The maximum Gasteiger partial charge on any atom is 0.244 e. The molecule has 9 heteroatoms. The molecule has 0 heterocycles. The smallest absolute Gasteiger partial charge is 0.244 e. The summed E-state index contributed by atoms with van der Waals surface area (Å²) in [6.07, 6.45) is 1.80. The Morgan fingerprint density at radius 3 is 2.32 bits per heavy atom. The fourth-order valence-electron chi connectivity index (χ4n) is 3.52. The molecule has 0 unspecified atom stereocenters. The standard InChI is InChI=1S/C25H34ClN3O4S/c1-7-18(3)27-25(31)20(5)28(15-21-11-8-10-17(2)14-21)24(30)16-29(34(6,32)33)23-13-9-12-22(26)19(23)4/h8-14,18,20H,7,15-16H2,1-6H3,(H,27,31)/t18-,20+/m1/s1. The zero-order chi connectivity index (χ0) is 25.6. The summed E-state index contributed by atoms with van der Waals surface area (Å²) >= 11 is 6.21. The summed E-state index contributed by atoms with van der Waals surface area (Å²) in [6, 6.07) is 11.7. The van der Waals surface area contributed by atoms with Gasteiger partial charge in [0.05, 0.1) is 11.9 Å². The van der Waals surface area contributed by atoms with Crippen molar-refractivity contribution in [1.29, 1.82) is 0 Å². The monoisotopic (exact) mass is 507 g/mol. The molecule has 0 aliphatic heterocycles. The van der Waals surface area contributed by atoms with Crippen molar-refractivity contribution in [2.75, 3.05) is 17.1 Å². The average Bonchev–Trinajstić information content (AvgIpc) is 2.76. The Balaban J connectivity index is 2.43. The topological polar surface area (TPSA) is 86.8 Å². The van der Waals surface area contributed by atoms with Gasteiger partial charge in [-0.25, -0.2) is 8.42 Å². The van der Waals surface area contributed by atoms with Gasteiger partial charge in [0.1, 0.15) is 12.6 Å². The van der Waals surface area contributed by atoms with Crippen LogP contribution in [-0.4, -0.2) is 50.0 Å². The molecule has 1 N–H and O–H groups in total. The van der Waals surface area contributed by atoms with E-state index in [0.717, 1.165) is 28.1 Å². The van der Waals surface area contributed by atoms with E-state index in [1.54, 1.807) is 32.0 Å². The molecule has 0 radical (unpaired) electrons. The van der Waals surface area contributed by atoms with E-state index < -0.39 is 28.5 Å². The van der Waals surface area contributed by atoms with Gasteiger partial charge in [-0.3, -0.25) is 13.9 Å². The Labute approximate surface area is 208 Å². The minimum absolute atomic E-state index is 0.0486. The van der Waals surface area contributed by atoms with Crippen LogP contribution in [0.3, 0.4) is 0 Å². The molecule has 0 spiro atoms. The Kier molecular flexibility index (Phi) is 9.53. The molecular formula is C25H34ClN3O4S. The van der Waals surface area contributed by atoms with Crippen molar-refractivity contribution in [3.8, 4) is 0 Å². The molecule has 0 bridgehead atoms. The van der Waals surface area contributed by atoms with E-state index in [2.05, 4.69) is 5.32 Å². The van der Waals surface area contributed by atoms with Gasteiger partial charge in [-0.1, -0.05) is 54.4 Å². The lowest BCUT2D eigenvalue weighted by Gasteiger charge is -2.32. The number of benzene rings is 2. The van der Waals surface area contributed by atoms with Crippen molar-refractivity contribution in [3.05, 3.63) is 64.2 Å². The van der Waals surface area contributed by atoms with Gasteiger partial charge < -0.3 is 10.2 Å². The molecular weight excluding hydrogens is 474 g/mol. The number of nitrogens with zero attached hydrogens (tertiary/aromatic N) is 2. The number of anilines is 1. The number of nitrogens with one attached hydrogen (secondary N) is 1. The van der Waals surface area contributed by atoms with Crippen molar-refractivity contribution in [2.45, 2.75) is 59.7 Å². The number of aryl methyl sites for hydroxylation is 1. The summed E-state index contributed by atoms with van der Waals surface area (Å²) in [5.41, 5.74) is 2.75. The van der Waals surface area contributed by atoms with E-state index in [0.29, 0.717) is 16.3 Å². The van der Waals surface area contributed by atoms with E-state index in [1.165, 1.54) is 4.90 Å². The van der Waals surface area contributed by atoms with Crippen molar-refractivity contribution in [2.24, 2.45) is 0 Å². The normalized spacial score (nSPS) is 13.1. The largest absolute Gasteiger partial charge is 0.352 e. The van der Waals surface area contributed by atoms with Crippen LogP contribution in [0.25, 0.3) is 0 Å². The third kappa shape index (κ3) is 7.21. The van der Waals surface area contributed by atoms with Crippen LogP contribution in [0.5, 0.6) is 0 Å². The molecule has 0 aromatic heterocycles. The van der Waals surface area contributed by atoms with Gasteiger partial charge in [0.15, 0.2) is 0 Å². The third-order valence-electron chi connectivity index (χ3n) is 5.79. The van der Waals surface area contributed by atoms with Gasteiger partial charge in [0.25, 0.3) is 0 Å². The lowest BCUT2D eigenvalue weighted by atomic mass is 10.1. The van der Waals surface area contributed by atoms with Crippen molar-refractivity contribution < 1.29 is 18.0 Å². The van der Waals surface area contributed by atoms with Crippen LogP contribution in [0, 0.1) is 13.8 Å². The van der Waals surface area contributed by atoms with Crippen LogP contribution in [0.4, 0.5) is 5.69 Å². The van der Waals surface area contributed by atoms with E-state index in [1.807, 2.05) is 45.0 Å². The molecule has 2 amide bonds. The van der Waals surface area contributed by atoms with Crippen molar-refractivity contribution in [3.63, 3.8) is 0 Å². The number of hydrogen-bond acceptors (Lipinski definition) is 4. The fourth-order valence-corrected chi connectivity index (χ4v) is 4.59. The van der Waals surface area contributed by atoms with Crippen LogP contribution in [-0.2, 0) is 26.2 Å². The van der Waals surface area contributed by atoms with Crippen molar-refractivity contribution in [1.82, 2.24) is 10.2 Å². The average molecular weight is 508 g/mol. The maximum atomic E-state index is 13.6. The van der Waals surface area contributed by atoms with Crippen LogP contribution in [0.1, 0.15) is 43.9 Å². The van der Waals surface area contributed by atoms with Gasteiger partial charge in [0.2, 0.25) is 21.8 Å². The second-order valence-electron chi connectivity index (χ2n) is 8.66. The highest BCUT2D eigenvalue weighted by molar-refractivity contribution is 7.92. The van der Waals surface area contributed by atoms with Gasteiger partial charge >= 0.3 is 0 Å². The minimum atomic E-state index is -3.81. The Morgan fingerprint density at radius 1 is 1.09 bits per heavy atom. The molecule has 186 valence electrons. The Morgan fingerprint density at radius 2 is 1.74 bits per heavy atom. The van der Waals surface area contributed by atoms with Gasteiger partial charge in [0, 0.05) is 17.6 Å². The lowest BCUT2D eigenvalue weighted by Crippen LogP contribution is -2.52. The summed E-state index contributed by atoms with van der Waals surface area (Å²) in [7, 11) is -3.81. The molecule has 7 nitrogen and oxygen atoms in total. The number of carbonyl (C=O) groups excluding carboxylic acids is 2. The second-order valence-corrected chi connectivity index (χ2v) is 11.0. The highest BCUT2D eigenvalue weighted by Crippen LogP contribution is 2.28. The number of hydrogen-bond donors (Lipinski definition) is 1. The zero-order valence-corrected chi connectivity index (χ0v) is 22.2. The molecule has 34 heavy (non-hydrogen) atoms. The summed E-state index contributed by atoms with van der Waals surface area (Å²) in [4.78, 5) is 27.9. The molecule has 0 saturated heterocycles. The first kappa shape index (κ1) is 27.7. The van der Waals surface area contributed by atoms with Gasteiger partial charge in [-0.05, 0) is 57.4 Å². The Hall–Kier alpha value is -2.58. The van der Waals surface area contributed by atoms with E-state index in [9.17, 15) is 18.0 Å². The van der Waals surface area contributed by atoms with Crippen LogP contribution in [0.15, 0.2) is 42.5 Å². The second kappa shape index (κ2) is 11.7. The first-order chi connectivity index (χ1) is 15.8. The minimum Gasteiger partial charge on any atom is -0.352 e. The number of rotatable bonds is 10. The number of halogens is 1. The van der Waals surface area contributed by atoms with Crippen LogP contribution >= 0.6 is 11.6 Å². The summed E-state index contributed by atoms with van der Waals surface area (Å²) < 4.78 is 26.4. The summed E-state index contributed by atoms with van der Waals surface area (Å²) in [5.74, 6) is -0.779. The highest BCUT2D eigenvalue weighted by Gasteiger charge is 2.31. The predicted molar refractivity (Wildman–Crippen MR) is 137 cm³/mol. The first-order valence-corrected chi connectivity index (χ1v) is 13.5. The predicted octanol–water partition coefficient (Wildman–Crippen LogP) is 4.05. The molecule has 0 aliphatic carbocycles. The molecule has 0 fully saturated rings. The van der Waals surface area contributed by atoms with Crippen LogP contribution in [0.2, 0.25) is 5.02 Å². The van der Waals surface area contributed by atoms with Crippen LogP contribution < -0.4 is 9.62 Å². The quantitative estimate of drug-likeness (QED) is 0.525. The molecule has 2 aromatic rings. The number of sulfonamides is 1. The zero-order valence-electron chi connectivity index (χ0n) is 20.6. The molecule has 2 rings (SSSR count). The summed E-state index contributed by atoms with van der Waals surface area (Å²) in [6.45, 7) is 8.87. The summed E-state index contributed by atoms with van der Waals surface area (Å²) in [5, 5.41) is 3.31. The molecule has 2 aromatic carbocycles. The van der Waals surface area contributed by atoms with Crippen molar-refractivity contribution >= 4 is 39.1 Å². The molecule has 2 atom stereocenters. The van der Waals surface area contributed by atoms with Gasteiger partial charge in [-0.15, -0.1) is 0 Å². The highest BCUT2D eigenvalue weighted by atomic mass is 35.5. The SMILES string of the molecule is CC[C@@H](C)NC(=O)[C@H](C)N(Cc1cccc(C)c1)C(=O)CN(c1cccc(Cl)c1C)S(C)(=O)=O.